The van der Waals surface area contributed by atoms with Crippen LogP contribution in [0.15, 0.2) is 0 Å². The van der Waals surface area contributed by atoms with E-state index < -0.39 is 41.9 Å². The predicted molar refractivity (Wildman–Crippen MR) is 139 cm³/mol. The van der Waals surface area contributed by atoms with E-state index in [4.69, 9.17) is 28.7 Å². The van der Waals surface area contributed by atoms with Gasteiger partial charge in [-0.05, 0) is 70.6 Å². The molecule has 1 aliphatic carbocycles. The number of aliphatic carboxylic acids is 1. The molecule has 0 aromatic rings. The monoisotopic (exact) mass is 567 g/mol. The maximum atomic E-state index is 12.9. The largest absolute Gasteiger partial charge is 0.481 e. The van der Waals surface area contributed by atoms with Gasteiger partial charge in [0, 0.05) is 37.3 Å². The fourth-order valence-corrected chi connectivity index (χ4v) is 7.84. The third-order valence-electron chi connectivity index (χ3n) is 9.95. The Hall–Kier alpha value is -1.79. The summed E-state index contributed by atoms with van der Waals surface area (Å²) in [4.78, 5) is 49.1. The van der Waals surface area contributed by atoms with Gasteiger partial charge in [-0.2, -0.15) is 0 Å². The molecule has 226 valence electrons. The Labute approximate surface area is 235 Å². The topological polar surface area (TPSA) is 139 Å². The fourth-order valence-electron chi connectivity index (χ4n) is 7.84. The van der Waals surface area contributed by atoms with Crippen LogP contribution in [0.5, 0.6) is 0 Å². The summed E-state index contributed by atoms with van der Waals surface area (Å²) in [6.07, 6.45) is 2.85. The minimum Gasteiger partial charge on any atom is -0.481 e. The number of fused-ring (bicyclic) bond motifs is 2. The average molecular weight is 568 g/mol. The summed E-state index contributed by atoms with van der Waals surface area (Å²) in [6.45, 7) is 10.5. The van der Waals surface area contributed by atoms with E-state index in [2.05, 4.69) is 12.2 Å². The van der Waals surface area contributed by atoms with Gasteiger partial charge in [0.25, 0.3) is 0 Å². The molecule has 0 aromatic heterocycles. The van der Waals surface area contributed by atoms with Gasteiger partial charge in [0.1, 0.15) is 0 Å². The Morgan fingerprint density at radius 1 is 1.02 bits per heavy atom. The number of esters is 1. The van der Waals surface area contributed by atoms with E-state index >= 15 is 0 Å². The number of rotatable bonds is 8. The number of nitrogens with one attached hydrogen (secondary N) is 1. The van der Waals surface area contributed by atoms with Crippen molar-refractivity contribution in [1.82, 2.24) is 5.32 Å². The second-order valence-corrected chi connectivity index (χ2v) is 13.4. The highest BCUT2D eigenvalue weighted by Gasteiger charge is 2.69. The third kappa shape index (κ3) is 5.77. The Morgan fingerprint density at radius 3 is 2.52 bits per heavy atom. The quantitative estimate of drug-likeness (QED) is 0.330. The Kier molecular flexibility index (Phi) is 8.26. The normalized spacial score (nSPS) is 42.7. The minimum atomic E-state index is -0.979. The molecular formula is C29H45NO10. The molecule has 10 atom stereocenters. The number of amides is 1. The molecule has 5 heterocycles. The molecule has 11 heteroatoms. The van der Waals surface area contributed by atoms with Crippen molar-refractivity contribution in [1.29, 1.82) is 0 Å². The second-order valence-electron chi connectivity index (χ2n) is 13.4. The van der Waals surface area contributed by atoms with Crippen LogP contribution in [0, 0.1) is 29.6 Å². The van der Waals surface area contributed by atoms with Crippen molar-refractivity contribution in [3.63, 3.8) is 0 Å². The van der Waals surface area contributed by atoms with Gasteiger partial charge in [0.15, 0.2) is 11.9 Å². The molecule has 5 saturated heterocycles. The van der Waals surface area contributed by atoms with Crippen molar-refractivity contribution in [2.45, 2.75) is 128 Å². The van der Waals surface area contributed by atoms with Gasteiger partial charge in [-0.15, -0.1) is 0 Å². The molecule has 6 rings (SSSR count). The summed E-state index contributed by atoms with van der Waals surface area (Å²) >= 11 is 0. The van der Waals surface area contributed by atoms with E-state index in [0.717, 1.165) is 19.3 Å². The van der Waals surface area contributed by atoms with Crippen molar-refractivity contribution < 1.29 is 48.2 Å². The van der Waals surface area contributed by atoms with Crippen LogP contribution in [0.3, 0.4) is 0 Å². The third-order valence-corrected chi connectivity index (χ3v) is 9.95. The van der Waals surface area contributed by atoms with Crippen LogP contribution in [-0.4, -0.2) is 65.2 Å². The number of carboxylic acids is 1. The molecule has 0 aromatic carbocycles. The van der Waals surface area contributed by atoms with Gasteiger partial charge < -0.3 is 29.4 Å². The number of carboxylic acid groups (broad SMARTS) is 1. The lowest BCUT2D eigenvalue weighted by Gasteiger charge is -2.59. The molecule has 0 radical (unpaired) electrons. The highest BCUT2D eigenvalue weighted by molar-refractivity contribution is 5.82. The van der Waals surface area contributed by atoms with E-state index in [1.165, 1.54) is 0 Å². The van der Waals surface area contributed by atoms with Crippen LogP contribution >= 0.6 is 0 Å². The van der Waals surface area contributed by atoms with Gasteiger partial charge >= 0.3 is 11.9 Å². The predicted octanol–water partition coefficient (Wildman–Crippen LogP) is 3.68. The van der Waals surface area contributed by atoms with Gasteiger partial charge in [-0.1, -0.05) is 13.8 Å². The highest BCUT2D eigenvalue weighted by atomic mass is 17.3. The van der Waals surface area contributed by atoms with Crippen molar-refractivity contribution >= 4 is 17.8 Å². The number of carbonyl (C=O) groups is 3. The maximum Gasteiger partial charge on any atom is 0.308 e. The lowest BCUT2D eigenvalue weighted by molar-refractivity contribution is -0.576. The first-order valence-electron chi connectivity index (χ1n) is 14.9. The number of hydrogen-bond acceptors (Lipinski definition) is 9. The zero-order valence-corrected chi connectivity index (χ0v) is 24.3. The van der Waals surface area contributed by atoms with Crippen LogP contribution in [0.1, 0.15) is 92.4 Å². The molecule has 1 saturated carbocycles. The molecule has 40 heavy (non-hydrogen) atoms. The molecule has 1 spiro atoms. The van der Waals surface area contributed by atoms with Crippen molar-refractivity contribution in [2.24, 2.45) is 29.6 Å². The van der Waals surface area contributed by atoms with Gasteiger partial charge in [-0.25, -0.2) is 9.78 Å². The summed E-state index contributed by atoms with van der Waals surface area (Å²) in [5.74, 6) is -2.34. The molecule has 6 aliphatic rings. The van der Waals surface area contributed by atoms with Gasteiger partial charge in [0.2, 0.25) is 18.0 Å². The summed E-state index contributed by atoms with van der Waals surface area (Å²) in [7, 11) is 0. The minimum absolute atomic E-state index is 0.0236. The lowest BCUT2D eigenvalue weighted by atomic mass is 9.58. The molecule has 11 nitrogen and oxygen atoms in total. The number of carbonyl (C=O) groups excluding carboxylic acids is 2. The average Bonchev–Trinajstić information content (AvgIpc) is 3.10. The van der Waals surface area contributed by atoms with Crippen LogP contribution in [-0.2, 0) is 43.1 Å². The standard InChI is InChI=1S/C29H45NO10/c1-16-6-7-20-17(2)25(37-26-29(20)19(16)10-12-28(5,38-26)39-40-29)36-24(34)9-8-22(31)30-21(14-23(32)33)18-11-13-35-27(3,4)15-18/h16-21,25-26H,6-15H2,1-5H3,(H,30,31)(H,32,33)/t16-,17-,18-,19+,20+,21-,25-,26-,28-,29-/m1/s1. The summed E-state index contributed by atoms with van der Waals surface area (Å²) in [5, 5.41) is 12.3. The highest BCUT2D eigenvalue weighted by Crippen LogP contribution is 2.60. The Bertz CT molecular complexity index is 988. The van der Waals surface area contributed by atoms with E-state index in [9.17, 15) is 19.5 Å². The van der Waals surface area contributed by atoms with Gasteiger partial charge in [-0.3, -0.25) is 14.4 Å². The van der Waals surface area contributed by atoms with Crippen molar-refractivity contribution in [2.75, 3.05) is 6.61 Å². The molecule has 5 aliphatic heterocycles. The summed E-state index contributed by atoms with van der Waals surface area (Å²) in [6, 6.07) is -0.532. The SMILES string of the molecule is C[C@H]1[C@H](OC(=O)CCC(=O)N[C@H](CC(=O)O)[C@@H]2CCOC(C)(C)C2)O[C@@H]2O[C@@]3(C)CC[C@H]4[C@H](C)CC[C@@H]1[C@@]24OO3. The zero-order valence-electron chi connectivity index (χ0n) is 24.3. The maximum absolute atomic E-state index is 12.9. The molecule has 6 fully saturated rings. The molecular weight excluding hydrogens is 522 g/mol. The fraction of sp³-hybridized carbons (Fsp3) is 0.897. The summed E-state index contributed by atoms with van der Waals surface area (Å²) in [5.41, 5.74) is -1.12. The van der Waals surface area contributed by atoms with Crippen LogP contribution in [0.25, 0.3) is 0 Å². The molecule has 1 amide bonds. The lowest BCUT2D eigenvalue weighted by Crippen LogP contribution is -2.70. The Balaban J connectivity index is 1.19. The van der Waals surface area contributed by atoms with E-state index in [0.29, 0.717) is 31.8 Å². The first kappa shape index (κ1) is 29.7. The molecule has 2 N–H and O–H groups in total. The summed E-state index contributed by atoms with van der Waals surface area (Å²) < 4.78 is 24.1. The van der Waals surface area contributed by atoms with E-state index in [1.54, 1.807) is 0 Å². The van der Waals surface area contributed by atoms with Crippen LogP contribution < -0.4 is 5.32 Å². The number of ether oxygens (including phenoxy) is 4. The van der Waals surface area contributed by atoms with Crippen LogP contribution in [0.2, 0.25) is 0 Å². The van der Waals surface area contributed by atoms with E-state index in [1.807, 2.05) is 27.7 Å². The van der Waals surface area contributed by atoms with Gasteiger partial charge in [0.05, 0.1) is 18.4 Å². The zero-order chi connectivity index (χ0) is 28.9. The first-order valence-corrected chi connectivity index (χ1v) is 14.9. The molecule has 2 bridgehead atoms. The van der Waals surface area contributed by atoms with Crippen molar-refractivity contribution in [3.8, 4) is 0 Å². The molecule has 0 unspecified atom stereocenters. The van der Waals surface area contributed by atoms with Crippen LogP contribution in [0.4, 0.5) is 0 Å². The second kappa shape index (κ2) is 11.1. The van der Waals surface area contributed by atoms with E-state index in [-0.39, 0.29) is 54.4 Å². The van der Waals surface area contributed by atoms with Crippen molar-refractivity contribution in [3.05, 3.63) is 0 Å². The first-order chi connectivity index (χ1) is 18.8. The number of hydrogen-bond donors (Lipinski definition) is 2. The Morgan fingerprint density at radius 2 is 1.80 bits per heavy atom. The smallest absolute Gasteiger partial charge is 0.308 e.